The van der Waals surface area contributed by atoms with Crippen molar-refractivity contribution in [2.45, 2.75) is 19.3 Å². The van der Waals surface area contributed by atoms with Crippen molar-refractivity contribution in [1.82, 2.24) is 0 Å². The van der Waals surface area contributed by atoms with E-state index in [-0.39, 0.29) is 39.2 Å². The number of hydrogen-bond donors (Lipinski definition) is 0. The summed E-state index contributed by atoms with van der Waals surface area (Å²) < 4.78 is 108. The maximum Gasteiger partial charge on any atom is 0.420 e. The molecule has 0 aliphatic rings. The fourth-order valence-electron chi connectivity index (χ4n) is 3.78. The van der Waals surface area contributed by atoms with Gasteiger partial charge in [0.1, 0.15) is 69.9 Å². The second kappa shape index (κ2) is 24.4. The van der Waals surface area contributed by atoms with Crippen LogP contribution in [-0.2, 0) is 12.4 Å². The molecule has 0 saturated carbocycles. The van der Waals surface area contributed by atoms with E-state index in [0.717, 1.165) is 41.1 Å². The largest absolute Gasteiger partial charge is 0.495 e. The van der Waals surface area contributed by atoms with E-state index in [4.69, 9.17) is 77.0 Å². The van der Waals surface area contributed by atoms with Crippen LogP contribution in [0.5, 0.6) is 34.5 Å². The van der Waals surface area contributed by atoms with Crippen molar-refractivity contribution in [2.75, 3.05) is 41.2 Å². The van der Waals surface area contributed by atoms with E-state index in [1.165, 1.54) is 18.2 Å². The summed E-state index contributed by atoms with van der Waals surface area (Å²) in [5.74, 6) is 0.484. The van der Waals surface area contributed by atoms with Gasteiger partial charge in [0, 0.05) is 18.2 Å². The Hall–Kier alpha value is -1.37. The summed E-state index contributed by atoms with van der Waals surface area (Å²) in [6, 6.07) is 7.75. The molecule has 0 unspecified atom stereocenters. The van der Waals surface area contributed by atoms with Crippen molar-refractivity contribution >= 4 is 122 Å². The maximum atomic E-state index is 12.8. The first kappa shape index (κ1) is 50.6. The van der Waals surface area contributed by atoms with Crippen LogP contribution >= 0.6 is 122 Å². The monoisotopic (exact) mass is 1120 g/mol. The smallest absolute Gasteiger partial charge is 0.420 e. The second-order valence-corrected chi connectivity index (χ2v) is 17.4. The lowest BCUT2D eigenvalue weighted by Gasteiger charge is -2.15. The van der Waals surface area contributed by atoms with E-state index < -0.39 is 35.0 Å². The molecule has 0 N–H and O–H groups in total. The quantitative estimate of drug-likeness (QED) is 0.169. The Kier molecular flexibility index (Phi) is 22.9. The molecule has 300 valence electrons. The van der Waals surface area contributed by atoms with Crippen LogP contribution in [0.1, 0.15) is 16.7 Å². The lowest BCUT2D eigenvalue weighted by atomic mass is 10.2. The highest BCUT2D eigenvalue weighted by Gasteiger charge is 2.37. The van der Waals surface area contributed by atoms with Crippen molar-refractivity contribution in [3.63, 3.8) is 0 Å². The molecule has 21 heteroatoms. The van der Waals surface area contributed by atoms with Crippen molar-refractivity contribution in [3.8, 4) is 34.5 Å². The lowest BCUT2D eigenvalue weighted by Crippen LogP contribution is -2.08. The van der Waals surface area contributed by atoms with Gasteiger partial charge in [-0.1, -0.05) is 58.0 Å². The van der Waals surface area contributed by atoms with Crippen molar-refractivity contribution in [2.24, 2.45) is 0 Å². The van der Waals surface area contributed by atoms with E-state index in [1.807, 2.05) is 19.1 Å². The topological polar surface area (TPSA) is 55.4 Å². The summed E-state index contributed by atoms with van der Waals surface area (Å²) in [6.45, 7) is 2.40. The van der Waals surface area contributed by atoms with Crippen LogP contribution in [0.3, 0.4) is 0 Å². The third kappa shape index (κ3) is 18.3. The Bertz CT molecular complexity index is 1670. The van der Waals surface area contributed by atoms with Gasteiger partial charge in [0.25, 0.3) is 0 Å². The highest BCUT2D eigenvalue weighted by atomic mass is 79.9. The minimum Gasteiger partial charge on any atom is -0.495 e. The molecular formula is C33H27Br4Cl5F6O6. The first-order valence-electron chi connectivity index (χ1n) is 14.2. The van der Waals surface area contributed by atoms with Gasteiger partial charge in [0.05, 0.1) is 43.2 Å². The summed E-state index contributed by atoms with van der Waals surface area (Å²) in [6.07, 6.45) is -4.44. The Labute approximate surface area is 366 Å². The minimum atomic E-state index is -4.60. The number of rotatable bonds is 12. The maximum absolute atomic E-state index is 12.8. The van der Waals surface area contributed by atoms with Crippen molar-refractivity contribution in [3.05, 3.63) is 97.7 Å². The zero-order valence-electron chi connectivity index (χ0n) is 27.9. The van der Waals surface area contributed by atoms with Crippen LogP contribution in [0.25, 0.3) is 0 Å². The van der Waals surface area contributed by atoms with E-state index >= 15 is 0 Å². The van der Waals surface area contributed by atoms with Gasteiger partial charge in [-0.05, 0) is 113 Å². The molecule has 6 nitrogen and oxygen atoms in total. The number of halogens is 15. The Morgan fingerprint density at radius 1 is 0.556 bits per heavy atom. The summed E-state index contributed by atoms with van der Waals surface area (Å²) in [5.41, 5.74) is -1.04. The standard InChI is InChI=1S/C11H8Br2ClF3O2.C11H11Br2ClO2.C11H8Cl3F3O2/c1-18-10-7(11(15,16)17)4-6(5-8(10)14)19-3-2-9(12)13;1-7-5-8(16-4-3-10(12)13)6-9(14)11(7)15-2;1-18-10-7(11(15,16)17)4-6(5-8(10)12)19-3-2-9(13)14/h2,4-5H,3H2,1H3;3,5-6H,4H2,1-2H3;2,4-5H,3H2,1H3. The van der Waals surface area contributed by atoms with E-state index in [2.05, 4.69) is 73.2 Å². The highest BCUT2D eigenvalue weighted by Crippen LogP contribution is 2.44. The van der Waals surface area contributed by atoms with E-state index in [1.54, 1.807) is 19.3 Å². The minimum absolute atomic E-state index is 0.00984. The average Bonchev–Trinajstić information content (AvgIpc) is 3.03. The molecule has 3 aromatic rings. The van der Waals surface area contributed by atoms with E-state index in [9.17, 15) is 26.3 Å². The van der Waals surface area contributed by atoms with Gasteiger partial charge in [-0.3, -0.25) is 0 Å². The third-order valence-corrected chi connectivity index (χ3v) is 8.37. The number of methoxy groups -OCH3 is 3. The van der Waals surface area contributed by atoms with Crippen LogP contribution in [0.4, 0.5) is 26.3 Å². The molecule has 0 radical (unpaired) electrons. The molecular weight excluding hydrogens is 1100 g/mol. The SMILES string of the molecule is COc1c(C)cc(OCC=C(Br)Br)cc1Cl.COc1c(Cl)cc(OCC=C(Br)Br)cc1C(F)(F)F.COc1c(Cl)cc(OCC=C(Cl)Cl)cc1C(F)(F)F. The van der Waals surface area contributed by atoms with Crippen LogP contribution in [0, 0.1) is 6.92 Å². The number of ether oxygens (including phenoxy) is 6. The molecule has 0 bridgehead atoms. The first-order valence-corrected chi connectivity index (χ1v) is 19.3. The van der Waals surface area contributed by atoms with Gasteiger partial charge in [-0.15, -0.1) is 0 Å². The molecule has 0 aromatic heterocycles. The zero-order valence-corrected chi connectivity index (χ0v) is 38.1. The first-order chi connectivity index (χ1) is 25.0. The molecule has 0 spiro atoms. The molecule has 0 aliphatic heterocycles. The second-order valence-electron chi connectivity index (χ2n) is 9.64. The lowest BCUT2D eigenvalue weighted by molar-refractivity contribution is -0.139. The fraction of sp³-hybridized carbons (Fsp3) is 0.273. The molecule has 0 heterocycles. The summed E-state index contributed by atoms with van der Waals surface area (Å²) in [7, 11) is 3.83. The molecule has 54 heavy (non-hydrogen) atoms. The summed E-state index contributed by atoms with van der Waals surface area (Å²) in [4.78, 5) is 0. The van der Waals surface area contributed by atoms with E-state index in [0.29, 0.717) is 20.8 Å². The molecule has 0 aliphatic carbocycles. The summed E-state index contributed by atoms with van der Waals surface area (Å²) in [5, 5.41) is 0.196. The Balaban J connectivity index is 0.000000407. The number of hydrogen-bond acceptors (Lipinski definition) is 6. The van der Waals surface area contributed by atoms with Crippen LogP contribution in [0.15, 0.2) is 65.9 Å². The van der Waals surface area contributed by atoms with Gasteiger partial charge in [0.15, 0.2) is 0 Å². The average molecular weight is 1130 g/mol. The molecule has 3 rings (SSSR count). The van der Waals surface area contributed by atoms with Crippen molar-refractivity contribution in [1.29, 1.82) is 0 Å². The third-order valence-electron chi connectivity index (χ3n) is 5.92. The molecule has 0 fully saturated rings. The predicted molar refractivity (Wildman–Crippen MR) is 217 cm³/mol. The summed E-state index contributed by atoms with van der Waals surface area (Å²) >= 11 is 40.9. The molecule has 3 aromatic carbocycles. The fourth-order valence-corrected chi connectivity index (χ4v) is 5.35. The Morgan fingerprint density at radius 2 is 0.870 bits per heavy atom. The number of benzene rings is 3. The molecule has 0 atom stereocenters. The van der Waals surface area contributed by atoms with Gasteiger partial charge in [-0.25, -0.2) is 0 Å². The zero-order chi connectivity index (χ0) is 41.4. The highest BCUT2D eigenvalue weighted by molar-refractivity contribution is 9.28. The number of alkyl halides is 6. The van der Waals surface area contributed by atoms with Gasteiger partial charge < -0.3 is 28.4 Å². The van der Waals surface area contributed by atoms with Crippen LogP contribution in [0.2, 0.25) is 15.1 Å². The normalized spacial score (nSPS) is 10.7. The van der Waals surface area contributed by atoms with Gasteiger partial charge in [-0.2, -0.15) is 26.3 Å². The van der Waals surface area contributed by atoms with Gasteiger partial charge >= 0.3 is 12.4 Å². The Morgan fingerprint density at radius 3 is 1.15 bits per heavy atom. The number of aryl methyl sites for hydroxylation is 1. The molecule has 0 saturated heterocycles. The van der Waals surface area contributed by atoms with Crippen molar-refractivity contribution < 1.29 is 54.8 Å². The van der Waals surface area contributed by atoms with Gasteiger partial charge in [0.2, 0.25) is 0 Å². The van der Waals surface area contributed by atoms with Crippen LogP contribution < -0.4 is 28.4 Å². The van der Waals surface area contributed by atoms with Crippen LogP contribution in [-0.4, -0.2) is 41.2 Å². The predicted octanol–water partition coefficient (Wildman–Crippen LogP) is 15.1. The molecule has 0 amide bonds.